The number of rotatable bonds is 6. The van der Waals surface area contributed by atoms with Gasteiger partial charge in [-0.1, -0.05) is 38.1 Å². The van der Waals surface area contributed by atoms with E-state index in [1.54, 1.807) is 38.3 Å². The Morgan fingerprint density at radius 3 is 2.23 bits per heavy atom. The summed E-state index contributed by atoms with van der Waals surface area (Å²) in [5.41, 5.74) is 3.46. The molecule has 0 saturated heterocycles. The Balaban J connectivity index is 2.14. The first-order chi connectivity index (χ1) is 14.8. The van der Waals surface area contributed by atoms with Crippen molar-refractivity contribution in [3.63, 3.8) is 0 Å². The van der Waals surface area contributed by atoms with Crippen LogP contribution in [0.25, 0.3) is 6.08 Å². The summed E-state index contributed by atoms with van der Waals surface area (Å²) < 4.78 is 15.8. The predicted octanol–water partition coefficient (Wildman–Crippen LogP) is 4.70. The van der Waals surface area contributed by atoms with Gasteiger partial charge < -0.3 is 14.2 Å². The van der Waals surface area contributed by atoms with Crippen molar-refractivity contribution in [3.8, 4) is 11.5 Å². The fraction of sp³-hybridized carbons (Fsp3) is 0.280. The maximum atomic E-state index is 13.5. The number of carbonyl (C=O) groups is 2. The Hall–Kier alpha value is -3.54. The van der Waals surface area contributed by atoms with Gasteiger partial charge in [-0.3, -0.25) is 9.69 Å². The summed E-state index contributed by atoms with van der Waals surface area (Å²) in [6.45, 7) is 5.96. The lowest BCUT2D eigenvalue weighted by atomic mass is 10.0. The summed E-state index contributed by atoms with van der Waals surface area (Å²) in [6.07, 6.45) is 1.64. The van der Waals surface area contributed by atoms with E-state index < -0.39 is 5.97 Å². The third-order valence-electron chi connectivity index (χ3n) is 5.34. The zero-order valence-electron chi connectivity index (χ0n) is 18.7. The van der Waals surface area contributed by atoms with Crippen LogP contribution in [-0.4, -0.2) is 33.2 Å². The van der Waals surface area contributed by atoms with Gasteiger partial charge in [0, 0.05) is 16.9 Å². The van der Waals surface area contributed by atoms with Gasteiger partial charge in [0.1, 0.15) is 0 Å². The summed E-state index contributed by atoms with van der Waals surface area (Å²) >= 11 is 0. The number of methoxy groups -OCH3 is 3. The van der Waals surface area contributed by atoms with Crippen LogP contribution in [0.3, 0.4) is 0 Å². The molecule has 0 spiro atoms. The Labute approximate surface area is 182 Å². The van der Waals surface area contributed by atoms with Gasteiger partial charge >= 0.3 is 5.97 Å². The largest absolute Gasteiger partial charge is 0.493 e. The monoisotopic (exact) mass is 421 g/mol. The summed E-state index contributed by atoms with van der Waals surface area (Å²) in [7, 11) is 4.38. The zero-order chi connectivity index (χ0) is 22.7. The van der Waals surface area contributed by atoms with E-state index in [1.807, 2.05) is 24.3 Å². The minimum absolute atomic E-state index is 0.227. The molecule has 0 fully saturated rings. The van der Waals surface area contributed by atoms with Gasteiger partial charge in [-0.2, -0.15) is 0 Å². The molecule has 0 atom stereocenters. The van der Waals surface area contributed by atoms with E-state index in [2.05, 4.69) is 13.8 Å². The van der Waals surface area contributed by atoms with Gasteiger partial charge in [-0.15, -0.1) is 0 Å². The molecule has 31 heavy (non-hydrogen) atoms. The van der Waals surface area contributed by atoms with Crippen molar-refractivity contribution in [1.29, 1.82) is 0 Å². The Kier molecular flexibility index (Phi) is 6.49. The average Bonchev–Trinajstić information content (AvgIpc) is 3.02. The second kappa shape index (κ2) is 9.08. The summed E-state index contributed by atoms with van der Waals surface area (Å²) in [5.74, 6) is 0.512. The highest BCUT2D eigenvalue weighted by molar-refractivity contribution is 6.24. The maximum absolute atomic E-state index is 13.5. The van der Waals surface area contributed by atoms with E-state index in [0.29, 0.717) is 34.4 Å². The third-order valence-corrected chi connectivity index (χ3v) is 5.34. The number of hydrogen-bond acceptors (Lipinski definition) is 5. The van der Waals surface area contributed by atoms with E-state index in [0.717, 1.165) is 0 Å². The van der Waals surface area contributed by atoms with E-state index in [4.69, 9.17) is 14.2 Å². The highest BCUT2D eigenvalue weighted by Gasteiger charge is 2.38. The molecular weight excluding hydrogens is 394 g/mol. The number of hydrogen-bond donors (Lipinski definition) is 0. The zero-order valence-corrected chi connectivity index (χ0v) is 18.7. The summed E-state index contributed by atoms with van der Waals surface area (Å²) in [4.78, 5) is 27.6. The van der Waals surface area contributed by atoms with Crippen LogP contribution in [0.4, 0.5) is 5.69 Å². The predicted molar refractivity (Wildman–Crippen MR) is 120 cm³/mol. The van der Waals surface area contributed by atoms with Crippen LogP contribution in [0.15, 0.2) is 59.3 Å². The van der Waals surface area contributed by atoms with Crippen LogP contribution in [-0.2, 0) is 14.3 Å². The quantitative estimate of drug-likeness (QED) is 0.499. The normalized spacial score (nSPS) is 15.1. The fourth-order valence-corrected chi connectivity index (χ4v) is 3.68. The topological polar surface area (TPSA) is 65.1 Å². The minimum Gasteiger partial charge on any atom is -0.493 e. The molecule has 1 aliphatic rings. The second-order valence-corrected chi connectivity index (χ2v) is 7.48. The van der Waals surface area contributed by atoms with E-state index in [1.165, 1.54) is 24.7 Å². The Bertz CT molecular complexity index is 1060. The van der Waals surface area contributed by atoms with Gasteiger partial charge in [0.2, 0.25) is 0 Å². The number of esters is 1. The molecule has 0 bridgehead atoms. The number of benzene rings is 2. The molecule has 3 rings (SSSR count). The van der Waals surface area contributed by atoms with Crippen LogP contribution >= 0.6 is 0 Å². The molecule has 6 nitrogen and oxygen atoms in total. The SMILES string of the molecule is COC(=O)C1=C(C)N(c2ccc(C(C)C)cc2)C(=O)/C1=C/c1cccc(OC)c1OC. The maximum Gasteiger partial charge on any atom is 0.340 e. The number of amides is 1. The molecule has 0 N–H and O–H groups in total. The van der Waals surface area contributed by atoms with Crippen LogP contribution in [0.5, 0.6) is 11.5 Å². The Morgan fingerprint density at radius 2 is 1.68 bits per heavy atom. The lowest BCUT2D eigenvalue weighted by Gasteiger charge is -2.19. The molecule has 1 amide bonds. The Morgan fingerprint density at radius 1 is 1.00 bits per heavy atom. The van der Waals surface area contributed by atoms with Gasteiger partial charge in [-0.25, -0.2) is 4.79 Å². The fourth-order valence-electron chi connectivity index (χ4n) is 3.68. The molecule has 162 valence electrons. The first-order valence-electron chi connectivity index (χ1n) is 10.0. The first-order valence-corrected chi connectivity index (χ1v) is 10.0. The number of para-hydroxylation sites is 1. The average molecular weight is 421 g/mol. The van der Waals surface area contributed by atoms with Crippen molar-refractivity contribution in [1.82, 2.24) is 0 Å². The first kappa shape index (κ1) is 22.2. The number of nitrogens with zero attached hydrogens (tertiary/aromatic N) is 1. The van der Waals surface area contributed by atoms with Crippen LogP contribution in [0, 0.1) is 0 Å². The molecule has 0 aliphatic carbocycles. The smallest absolute Gasteiger partial charge is 0.340 e. The standard InChI is InChI=1S/C25H27NO5/c1-15(2)17-10-12-19(13-11-17)26-16(3)22(25(28)31-6)20(24(26)27)14-18-8-7-9-21(29-4)23(18)30-5/h7-15H,1-6H3/b20-14+. The molecule has 0 unspecified atom stereocenters. The van der Waals surface area contributed by atoms with E-state index in [-0.39, 0.29) is 17.1 Å². The summed E-state index contributed by atoms with van der Waals surface area (Å²) in [5, 5.41) is 0. The third kappa shape index (κ3) is 4.06. The van der Waals surface area contributed by atoms with Gasteiger partial charge in [0.25, 0.3) is 5.91 Å². The highest BCUT2D eigenvalue weighted by atomic mass is 16.5. The van der Waals surface area contributed by atoms with Crippen molar-refractivity contribution in [3.05, 3.63) is 70.4 Å². The molecule has 1 heterocycles. The molecule has 6 heteroatoms. The van der Waals surface area contributed by atoms with Gasteiger partial charge in [-0.05, 0) is 42.7 Å². The van der Waals surface area contributed by atoms with E-state index >= 15 is 0 Å². The second-order valence-electron chi connectivity index (χ2n) is 7.48. The van der Waals surface area contributed by atoms with Crippen LogP contribution in [0.1, 0.15) is 37.8 Å². The van der Waals surface area contributed by atoms with Crippen LogP contribution in [0.2, 0.25) is 0 Å². The number of ether oxygens (including phenoxy) is 3. The minimum atomic E-state index is -0.569. The van der Waals surface area contributed by atoms with Crippen LogP contribution < -0.4 is 14.4 Å². The molecule has 0 radical (unpaired) electrons. The van der Waals surface area contributed by atoms with E-state index in [9.17, 15) is 9.59 Å². The molecule has 2 aromatic rings. The molecule has 2 aromatic carbocycles. The molecule has 1 aliphatic heterocycles. The summed E-state index contributed by atoms with van der Waals surface area (Å²) in [6, 6.07) is 13.1. The van der Waals surface area contributed by atoms with Crippen molar-refractivity contribution in [2.24, 2.45) is 0 Å². The van der Waals surface area contributed by atoms with Crippen molar-refractivity contribution in [2.45, 2.75) is 26.7 Å². The highest BCUT2D eigenvalue weighted by Crippen LogP contribution is 2.38. The number of carbonyl (C=O) groups excluding carboxylic acids is 2. The van der Waals surface area contributed by atoms with Crippen molar-refractivity contribution in [2.75, 3.05) is 26.2 Å². The number of allylic oxidation sites excluding steroid dienone is 1. The molecular formula is C25H27NO5. The lowest BCUT2D eigenvalue weighted by molar-refractivity contribution is -0.136. The lowest BCUT2D eigenvalue weighted by Crippen LogP contribution is -2.24. The van der Waals surface area contributed by atoms with Gasteiger partial charge in [0.15, 0.2) is 11.5 Å². The molecule has 0 aromatic heterocycles. The van der Waals surface area contributed by atoms with Crippen molar-refractivity contribution >= 4 is 23.6 Å². The molecule has 0 saturated carbocycles. The van der Waals surface area contributed by atoms with Crippen molar-refractivity contribution < 1.29 is 23.8 Å². The number of anilines is 1. The van der Waals surface area contributed by atoms with Gasteiger partial charge in [0.05, 0.1) is 32.5 Å².